The highest BCUT2D eigenvalue weighted by molar-refractivity contribution is 5.24. The van der Waals surface area contributed by atoms with Crippen LogP contribution in [0.15, 0.2) is 48.7 Å². The molecule has 1 aromatic carbocycles. The van der Waals surface area contributed by atoms with Gasteiger partial charge in [0, 0.05) is 30.4 Å². The summed E-state index contributed by atoms with van der Waals surface area (Å²) in [5, 5.41) is 3.56. The molecule has 0 saturated heterocycles. The molecule has 0 fully saturated rings. The van der Waals surface area contributed by atoms with Gasteiger partial charge >= 0.3 is 0 Å². The Morgan fingerprint density at radius 3 is 2.40 bits per heavy atom. The van der Waals surface area contributed by atoms with Crippen LogP contribution in [-0.2, 0) is 6.42 Å². The quantitative estimate of drug-likeness (QED) is 0.864. The van der Waals surface area contributed by atoms with Gasteiger partial charge in [-0.15, -0.1) is 0 Å². The van der Waals surface area contributed by atoms with E-state index in [-0.39, 0.29) is 0 Å². The molecule has 2 rings (SSSR count). The van der Waals surface area contributed by atoms with Gasteiger partial charge in [0.05, 0.1) is 0 Å². The third kappa shape index (κ3) is 4.46. The third-order valence-corrected chi connectivity index (χ3v) is 3.50. The van der Waals surface area contributed by atoms with Crippen molar-refractivity contribution in [1.29, 1.82) is 0 Å². The SMILES string of the molecule is Cc1ccc(CC(CNC(C)C)c2ccccc2)cn1. The van der Waals surface area contributed by atoms with E-state index in [0.29, 0.717) is 12.0 Å². The monoisotopic (exact) mass is 268 g/mol. The minimum atomic E-state index is 0.489. The lowest BCUT2D eigenvalue weighted by molar-refractivity contribution is 0.526. The molecule has 0 amide bonds. The van der Waals surface area contributed by atoms with Crippen molar-refractivity contribution in [3.8, 4) is 0 Å². The second-order valence-corrected chi connectivity index (χ2v) is 5.68. The molecule has 1 N–H and O–H groups in total. The molecule has 2 nitrogen and oxygen atoms in total. The van der Waals surface area contributed by atoms with Crippen LogP contribution in [-0.4, -0.2) is 17.6 Å². The summed E-state index contributed by atoms with van der Waals surface area (Å²) in [5.74, 6) is 0.489. The molecule has 0 aliphatic heterocycles. The van der Waals surface area contributed by atoms with Crippen LogP contribution >= 0.6 is 0 Å². The number of benzene rings is 1. The molecular formula is C18H24N2. The second-order valence-electron chi connectivity index (χ2n) is 5.68. The fourth-order valence-corrected chi connectivity index (χ4v) is 2.31. The molecule has 0 radical (unpaired) electrons. The largest absolute Gasteiger partial charge is 0.314 e. The fraction of sp³-hybridized carbons (Fsp3) is 0.389. The number of pyridine rings is 1. The highest BCUT2D eigenvalue weighted by Crippen LogP contribution is 2.20. The number of hydrogen-bond acceptors (Lipinski definition) is 2. The molecule has 0 aliphatic carbocycles. The topological polar surface area (TPSA) is 24.9 Å². The van der Waals surface area contributed by atoms with Gasteiger partial charge in [-0.2, -0.15) is 0 Å². The van der Waals surface area contributed by atoms with Gasteiger partial charge in [0.15, 0.2) is 0 Å². The molecule has 0 aliphatic rings. The van der Waals surface area contributed by atoms with Crippen molar-refractivity contribution in [1.82, 2.24) is 10.3 Å². The van der Waals surface area contributed by atoms with E-state index in [0.717, 1.165) is 18.7 Å². The Bertz CT molecular complexity index is 503. The van der Waals surface area contributed by atoms with Crippen LogP contribution in [0.25, 0.3) is 0 Å². The summed E-state index contributed by atoms with van der Waals surface area (Å²) in [7, 11) is 0. The Hall–Kier alpha value is -1.67. The Morgan fingerprint density at radius 2 is 1.80 bits per heavy atom. The number of hydrogen-bond donors (Lipinski definition) is 1. The normalized spacial score (nSPS) is 12.6. The van der Waals surface area contributed by atoms with Crippen LogP contribution < -0.4 is 5.32 Å². The van der Waals surface area contributed by atoms with Gasteiger partial charge in [0.1, 0.15) is 0 Å². The van der Waals surface area contributed by atoms with Crippen LogP contribution in [0.3, 0.4) is 0 Å². The molecule has 1 unspecified atom stereocenters. The lowest BCUT2D eigenvalue weighted by Gasteiger charge is -2.20. The minimum absolute atomic E-state index is 0.489. The standard InChI is InChI=1S/C18H24N2/c1-14(2)19-13-18(17-7-5-4-6-8-17)11-16-10-9-15(3)20-12-16/h4-10,12,14,18-19H,11,13H2,1-3H3. The van der Waals surface area contributed by atoms with Crippen molar-refractivity contribution in [3.63, 3.8) is 0 Å². The number of aromatic nitrogens is 1. The van der Waals surface area contributed by atoms with E-state index < -0.39 is 0 Å². The van der Waals surface area contributed by atoms with E-state index in [4.69, 9.17) is 0 Å². The smallest absolute Gasteiger partial charge is 0.0372 e. The van der Waals surface area contributed by atoms with Crippen molar-refractivity contribution >= 4 is 0 Å². The van der Waals surface area contributed by atoms with Crippen molar-refractivity contribution in [2.24, 2.45) is 0 Å². The highest BCUT2D eigenvalue weighted by Gasteiger charge is 2.12. The second kappa shape index (κ2) is 7.20. The minimum Gasteiger partial charge on any atom is -0.314 e. The van der Waals surface area contributed by atoms with E-state index in [1.54, 1.807) is 0 Å². The van der Waals surface area contributed by atoms with Gasteiger partial charge in [0.25, 0.3) is 0 Å². The van der Waals surface area contributed by atoms with Crippen molar-refractivity contribution in [3.05, 3.63) is 65.5 Å². The first-order valence-corrected chi connectivity index (χ1v) is 7.35. The van der Waals surface area contributed by atoms with E-state index in [1.165, 1.54) is 11.1 Å². The molecule has 0 spiro atoms. The molecule has 2 heteroatoms. The van der Waals surface area contributed by atoms with E-state index >= 15 is 0 Å². The van der Waals surface area contributed by atoms with Gasteiger partial charge < -0.3 is 5.32 Å². The predicted octanol–water partition coefficient (Wildman–Crippen LogP) is 3.71. The van der Waals surface area contributed by atoms with Gasteiger partial charge in [-0.1, -0.05) is 50.2 Å². The molecule has 0 saturated carbocycles. The van der Waals surface area contributed by atoms with E-state index in [2.05, 4.69) is 66.6 Å². The summed E-state index contributed by atoms with van der Waals surface area (Å²) in [5.41, 5.74) is 3.77. The summed E-state index contributed by atoms with van der Waals surface area (Å²) in [4.78, 5) is 4.40. The molecule has 1 heterocycles. The molecule has 106 valence electrons. The summed E-state index contributed by atoms with van der Waals surface area (Å²) < 4.78 is 0. The van der Waals surface area contributed by atoms with Crippen molar-refractivity contribution in [2.45, 2.75) is 39.2 Å². The van der Waals surface area contributed by atoms with Gasteiger partial charge in [-0.25, -0.2) is 0 Å². The first-order valence-electron chi connectivity index (χ1n) is 7.35. The van der Waals surface area contributed by atoms with Gasteiger partial charge in [0.2, 0.25) is 0 Å². The molecule has 20 heavy (non-hydrogen) atoms. The average molecular weight is 268 g/mol. The fourth-order valence-electron chi connectivity index (χ4n) is 2.31. The van der Waals surface area contributed by atoms with Crippen molar-refractivity contribution < 1.29 is 0 Å². The lowest BCUT2D eigenvalue weighted by atomic mass is 9.92. The Morgan fingerprint density at radius 1 is 1.05 bits per heavy atom. The number of nitrogens with one attached hydrogen (secondary N) is 1. The number of rotatable bonds is 6. The number of aryl methyl sites for hydroxylation is 1. The zero-order valence-corrected chi connectivity index (χ0v) is 12.6. The third-order valence-electron chi connectivity index (χ3n) is 3.50. The van der Waals surface area contributed by atoms with Gasteiger partial charge in [-0.3, -0.25) is 4.98 Å². The first kappa shape index (κ1) is 14.7. The predicted molar refractivity (Wildman–Crippen MR) is 85.0 cm³/mol. The maximum absolute atomic E-state index is 4.40. The summed E-state index contributed by atoms with van der Waals surface area (Å²) in [6.45, 7) is 7.40. The maximum atomic E-state index is 4.40. The zero-order chi connectivity index (χ0) is 14.4. The lowest BCUT2D eigenvalue weighted by Crippen LogP contribution is -2.29. The average Bonchev–Trinajstić information content (AvgIpc) is 2.46. The molecule has 1 aromatic heterocycles. The van der Waals surface area contributed by atoms with Crippen molar-refractivity contribution in [2.75, 3.05) is 6.54 Å². The van der Waals surface area contributed by atoms with Crippen LogP contribution in [0.2, 0.25) is 0 Å². The highest BCUT2D eigenvalue weighted by atomic mass is 14.9. The molecule has 2 aromatic rings. The Labute approximate surface area is 122 Å². The molecule has 0 bridgehead atoms. The summed E-state index contributed by atoms with van der Waals surface area (Å²) in [6.07, 6.45) is 3.03. The molecular weight excluding hydrogens is 244 g/mol. The van der Waals surface area contributed by atoms with Gasteiger partial charge in [-0.05, 0) is 30.5 Å². The Kier molecular flexibility index (Phi) is 5.31. The Balaban J connectivity index is 2.12. The van der Waals surface area contributed by atoms with Crippen LogP contribution in [0.4, 0.5) is 0 Å². The number of nitrogens with zero attached hydrogens (tertiary/aromatic N) is 1. The molecule has 1 atom stereocenters. The van der Waals surface area contributed by atoms with Crippen LogP contribution in [0, 0.1) is 6.92 Å². The zero-order valence-electron chi connectivity index (χ0n) is 12.6. The summed E-state index contributed by atoms with van der Waals surface area (Å²) >= 11 is 0. The van der Waals surface area contributed by atoms with Crippen LogP contribution in [0.1, 0.15) is 36.6 Å². The first-order chi connectivity index (χ1) is 9.65. The van der Waals surface area contributed by atoms with E-state index in [9.17, 15) is 0 Å². The van der Waals surface area contributed by atoms with Crippen LogP contribution in [0.5, 0.6) is 0 Å². The van der Waals surface area contributed by atoms with E-state index in [1.807, 2.05) is 13.1 Å². The maximum Gasteiger partial charge on any atom is 0.0372 e. The summed E-state index contributed by atoms with van der Waals surface area (Å²) in [6, 6.07) is 15.5.